The smallest absolute Gasteiger partial charge is 0.262 e. The molecule has 2 aromatic rings. The van der Waals surface area contributed by atoms with Crippen LogP contribution in [0.1, 0.15) is 11.1 Å². The first kappa shape index (κ1) is 16.0. The largest absolute Gasteiger partial charge is 0.481 e. The minimum atomic E-state index is -0.674. The van der Waals surface area contributed by atoms with Crippen LogP contribution in [0.4, 0.5) is 10.1 Å². The molecule has 0 saturated carbocycles. The average molecular weight is 363 g/mol. The molecule has 0 radical (unpaired) electrons. The Morgan fingerprint density at radius 1 is 1.36 bits per heavy atom. The number of ether oxygens (including phenoxy) is 1. The summed E-state index contributed by atoms with van der Waals surface area (Å²) in [7, 11) is 0. The number of nitrogens with one attached hydrogen (secondary N) is 1. The van der Waals surface area contributed by atoms with E-state index < -0.39 is 11.7 Å². The van der Waals surface area contributed by atoms with Gasteiger partial charge in [-0.3, -0.25) is 4.79 Å². The molecular weight excluding hydrogens is 351 g/mol. The number of aryl methyl sites for hydroxylation is 1. The van der Waals surface area contributed by atoms with E-state index in [1.165, 1.54) is 12.1 Å². The van der Waals surface area contributed by atoms with Crippen molar-refractivity contribution in [2.45, 2.75) is 6.92 Å². The van der Waals surface area contributed by atoms with Crippen molar-refractivity contribution in [3.8, 4) is 11.8 Å². The number of nitriles is 1. The zero-order chi connectivity index (χ0) is 16.1. The van der Waals surface area contributed by atoms with Crippen LogP contribution in [0.15, 0.2) is 40.9 Å². The highest BCUT2D eigenvalue weighted by molar-refractivity contribution is 9.10. The zero-order valence-corrected chi connectivity index (χ0v) is 13.3. The Balaban J connectivity index is 1.97. The number of hydrogen-bond donors (Lipinski definition) is 1. The van der Waals surface area contributed by atoms with Gasteiger partial charge >= 0.3 is 0 Å². The third kappa shape index (κ3) is 4.06. The second-order valence-corrected chi connectivity index (χ2v) is 5.47. The standard InChI is InChI=1S/C16H12BrFN2O2/c1-10-6-12(17)3-4-14(10)20-16(21)9-22-15-5-2-11(8-19)7-13(15)18/h2-7H,9H2,1H3,(H,20,21). The van der Waals surface area contributed by atoms with Gasteiger partial charge in [0.25, 0.3) is 5.91 Å². The summed E-state index contributed by atoms with van der Waals surface area (Å²) in [6.07, 6.45) is 0. The molecule has 6 heteroatoms. The molecule has 0 fully saturated rings. The molecule has 0 saturated heterocycles. The summed E-state index contributed by atoms with van der Waals surface area (Å²) in [5, 5.41) is 11.3. The second-order valence-electron chi connectivity index (χ2n) is 4.55. The normalized spacial score (nSPS) is 9.91. The van der Waals surface area contributed by atoms with Gasteiger partial charge in [-0.05, 0) is 48.9 Å². The van der Waals surface area contributed by atoms with Crippen molar-refractivity contribution in [1.82, 2.24) is 0 Å². The Bertz CT molecular complexity index is 756. The quantitative estimate of drug-likeness (QED) is 0.899. The second kappa shape index (κ2) is 7.05. The molecule has 0 aromatic heterocycles. The number of amides is 1. The molecule has 0 bridgehead atoms. The number of hydrogen-bond acceptors (Lipinski definition) is 3. The molecule has 0 unspecified atom stereocenters. The van der Waals surface area contributed by atoms with E-state index in [-0.39, 0.29) is 17.9 Å². The van der Waals surface area contributed by atoms with Crippen LogP contribution in [0.3, 0.4) is 0 Å². The van der Waals surface area contributed by atoms with Gasteiger partial charge in [-0.15, -0.1) is 0 Å². The first-order valence-corrected chi connectivity index (χ1v) is 7.17. The lowest BCUT2D eigenvalue weighted by molar-refractivity contribution is -0.118. The highest BCUT2D eigenvalue weighted by atomic mass is 79.9. The first-order valence-electron chi connectivity index (χ1n) is 6.38. The van der Waals surface area contributed by atoms with Crippen LogP contribution in [0.2, 0.25) is 0 Å². The fourth-order valence-corrected chi connectivity index (χ4v) is 2.26. The molecule has 1 amide bonds. The van der Waals surface area contributed by atoms with Crippen molar-refractivity contribution in [3.05, 3.63) is 57.8 Å². The summed E-state index contributed by atoms with van der Waals surface area (Å²) in [6, 6.07) is 11.1. The molecule has 22 heavy (non-hydrogen) atoms. The number of benzene rings is 2. The third-order valence-corrected chi connectivity index (χ3v) is 3.38. The molecule has 2 aromatic carbocycles. The van der Waals surface area contributed by atoms with Crippen molar-refractivity contribution in [2.24, 2.45) is 0 Å². The van der Waals surface area contributed by atoms with E-state index in [4.69, 9.17) is 10.00 Å². The van der Waals surface area contributed by atoms with Gasteiger partial charge in [0.2, 0.25) is 0 Å². The SMILES string of the molecule is Cc1cc(Br)ccc1NC(=O)COc1ccc(C#N)cc1F. The van der Waals surface area contributed by atoms with E-state index in [2.05, 4.69) is 21.2 Å². The van der Waals surface area contributed by atoms with Gasteiger partial charge in [0.1, 0.15) is 0 Å². The number of carbonyl (C=O) groups excluding carboxylic acids is 1. The predicted octanol–water partition coefficient (Wildman–Crippen LogP) is 3.79. The predicted molar refractivity (Wildman–Crippen MR) is 84.1 cm³/mol. The molecule has 0 heterocycles. The van der Waals surface area contributed by atoms with Gasteiger partial charge in [0.05, 0.1) is 11.6 Å². The Kier molecular flexibility index (Phi) is 5.12. The lowest BCUT2D eigenvalue weighted by Gasteiger charge is -2.10. The van der Waals surface area contributed by atoms with Crippen molar-refractivity contribution in [3.63, 3.8) is 0 Å². The Morgan fingerprint density at radius 2 is 2.14 bits per heavy atom. The van der Waals surface area contributed by atoms with Gasteiger partial charge in [-0.1, -0.05) is 15.9 Å². The average Bonchev–Trinajstić information content (AvgIpc) is 2.48. The fraction of sp³-hybridized carbons (Fsp3) is 0.125. The molecule has 0 spiro atoms. The van der Waals surface area contributed by atoms with Gasteiger partial charge in [-0.2, -0.15) is 5.26 Å². The van der Waals surface area contributed by atoms with E-state index in [1.807, 2.05) is 25.1 Å². The van der Waals surface area contributed by atoms with Crippen molar-refractivity contribution in [1.29, 1.82) is 5.26 Å². The Hall–Kier alpha value is -2.39. The van der Waals surface area contributed by atoms with E-state index in [0.717, 1.165) is 16.1 Å². The lowest BCUT2D eigenvalue weighted by Crippen LogP contribution is -2.21. The van der Waals surface area contributed by atoms with Crippen LogP contribution in [0, 0.1) is 24.1 Å². The van der Waals surface area contributed by atoms with Crippen molar-refractivity contribution >= 4 is 27.5 Å². The monoisotopic (exact) mass is 362 g/mol. The van der Waals surface area contributed by atoms with Crippen molar-refractivity contribution in [2.75, 3.05) is 11.9 Å². The molecule has 4 nitrogen and oxygen atoms in total. The van der Waals surface area contributed by atoms with Crippen LogP contribution in [-0.4, -0.2) is 12.5 Å². The molecule has 0 aliphatic heterocycles. The van der Waals surface area contributed by atoms with Crippen LogP contribution in [-0.2, 0) is 4.79 Å². The highest BCUT2D eigenvalue weighted by Gasteiger charge is 2.09. The number of carbonyl (C=O) groups is 1. The van der Waals surface area contributed by atoms with Gasteiger partial charge in [0.15, 0.2) is 18.2 Å². The fourth-order valence-electron chi connectivity index (χ4n) is 1.78. The molecular formula is C16H12BrFN2O2. The molecule has 1 N–H and O–H groups in total. The van der Waals surface area contributed by atoms with E-state index in [9.17, 15) is 9.18 Å². The summed E-state index contributed by atoms with van der Waals surface area (Å²) in [5.74, 6) is -1.14. The summed E-state index contributed by atoms with van der Waals surface area (Å²) in [4.78, 5) is 11.8. The topological polar surface area (TPSA) is 62.1 Å². The maximum absolute atomic E-state index is 13.6. The van der Waals surface area contributed by atoms with E-state index in [1.54, 1.807) is 6.07 Å². The molecule has 0 aliphatic rings. The van der Waals surface area contributed by atoms with Gasteiger partial charge < -0.3 is 10.1 Å². The minimum Gasteiger partial charge on any atom is -0.481 e. The third-order valence-electron chi connectivity index (χ3n) is 2.88. The van der Waals surface area contributed by atoms with Crippen LogP contribution >= 0.6 is 15.9 Å². The Morgan fingerprint density at radius 3 is 2.77 bits per heavy atom. The maximum Gasteiger partial charge on any atom is 0.262 e. The van der Waals surface area contributed by atoms with Gasteiger partial charge in [-0.25, -0.2) is 4.39 Å². The zero-order valence-electron chi connectivity index (χ0n) is 11.7. The Labute approximate surface area is 135 Å². The summed E-state index contributed by atoms with van der Waals surface area (Å²) < 4.78 is 19.7. The summed E-state index contributed by atoms with van der Waals surface area (Å²) in [6.45, 7) is 1.54. The van der Waals surface area contributed by atoms with E-state index in [0.29, 0.717) is 5.69 Å². The number of rotatable bonds is 4. The number of halogens is 2. The maximum atomic E-state index is 13.6. The van der Waals surface area contributed by atoms with Crippen molar-refractivity contribution < 1.29 is 13.9 Å². The summed E-state index contributed by atoms with van der Waals surface area (Å²) >= 11 is 3.34. The lowest BCUT2D eigenvalue weighted by atomic mass is 10.2. The number of nitrogens with zero attached hydrogens (tertiary/aromatic N) is 1. The van der Waals surface area contributed by atoms with E-state index >= 15 is 0 Å². The summed E-state index contributed by atoms with van der Waals surface area (Å²) in [5.41, 5.74) is 1.75. The minimum absolute atomic E-state index is 0.0679. The molecule has 0 atom stereocenters. The first-order chi connectivity index (χ1) is 10.5. The molecule has 112 valence electrons. The van der Waals surface area contributed by atoms with Gasteiger partial charge in [0, 0.05) is 10.2 Å². The molecule has 2 rings (SSSR count). The van der Waals surface area contributed by atoms with Crippen LogP contribution in [0.5, 0.6) is 5.75 Å². The van der Waals surface area contributed by atoms with Crippen LogP contribution in [0.25, 0.3) is 0 Å². The highest BCUT2D eigenvalue weighted by Crippen LogP contribution is 2.21. The van der Waals surface area contributed by atoms with Crippen LogP contribution < -0.4 is 10.1 Å². The number of anilines is 1. The molecule has 0 aliphatic carbocycles.